The second-order valence-corrected chi connectivity index (χ2v) is 9.39. The number of halogens is 3. The Morgan fingerprint density at radius 2 is 1.31 bits per heavy atom. The van der Waals surface area contributed by atoms with Crippen molar-refractivity contribution in [1.82, 2.24) is 0 Å². The van der Waals surface area contributed by atoms with E-state index in [-0.39, 0.29) is 5.92 Å². The number of hydrogen-bond donors (Lipinski definition) is 0. The van der Waals surface area contributed by atoms with Gasteiger partial charge in [0.25, 0.3) is 0 Å². The van der Waals surface area contributed by atoms with E-state index in [1.807, 2.05) is 0 Å². The summed E-state index contributed by atoms with van der Waals surface area (Å²) in [5, 5.41) is 0. The molecule has 0 unspecified atom stereocenters. The Kier molecular flexibility index (Phi) is 8.26. The van der Waals surface area contributed by atoms with Gasteiger partial charge in [-0.2, -0.15) is 13.2 Å². The van der Waals surface area contributed by atoms with E-state index in [4.69, 9.17) is 0 Å². The molecule has 3 heteroatoms. The van der Waals surface area contributed by atoms with Crippen LogP contribution in [0.15, 0.2) is 36.4 Å². The minimum atomic E-state index is -4.18. The van der Waals surface area contributed by atoms with E-state index in [1.165, 1.54) is 68.6 Å². The van der Waals surface area contributed by atoms with E-state index in [1.54, 1.807) is 0 Å². The van der Waals surface area contributed by atoms with E-state index < -0.39 is 6.18 Å². The monoisotopic (exact) mass is 406 g/mol. The molecule has 0 spiro atoms. The van der Waals surface area contributed by atoms with Crippen LogP contribution in [-0.2, 0) is 0 Å². The lowest BCUT2D eigenvalue weighted by molar-refractivity contribution is -0.0803. The third kappa shape index (κ3) is 7.19. The molecule has 29 heavy (non-hydrogen) atoms. The first-order valence-corrected chi connectivity index (χ1v) is 11.8. The van der Waals surface area contributed by atoms with Gasteiger partial charge >= 0.3 is 6.18 Å². The second-order valence-electron chi connectivity index (χ2n) is 9.39. The number of unbranched alkanes of at least 4 members (excludes halogenated alkanes) is 2. The molecule has 0 atom stereocenters. The van der Waals surface area contributed by atoms with Crippen molar-refractivity contribution in [2.45, 2.75) is 102 Å². The van der Waals surface area contributed by atoms with Crippen LogP contribution in [-0.4, -0.2) is 6.18 Å². The highest BCUT2D eigenvalue weighted by atomic mass is 19.4. The van der Waals surface area contributed by atoms with Crippen molar-refractivity contribution in [2.75, 3.05) is 0 Å². The zero-order chi connectivity index (χ0) is 20.7. The average Bonchev–Trinajstić information content (AvgIpc) is 2.73. The molecule has 0 radical (unpaired) electrons. The minimum absolute atomic E-state index is 0.0830. The van der Waals surface area contributed by atoms with Crippen molar-refractivity contribution >= 4 is 0 Å². The third-order valence-electron chi connectivity index (χ3n) is 7.27. The topological polar surface area (TPSA) is 0 Å². The molecule has 2 aliphatic rings. The molecule has 0 bridgehead atoms. The van der Waals surface area contributed by atoms with Crippen molar-refractivity contribution in [3.05, 3.63) is 47.5 Å². The Morgan fingerprint density at radius 1 is 0.793 bits per heavy atom. The molecule has 0 aliphatic heterocycles. The third-order valence-corrected chi connectivity index (χ3v) is 7.27. The fourth-order valence-corrected chi connectivity index (χ4v) is 5.40. The van der Waals surface area contributed by atoms with E-state index in [0.29, 0.717) is 12.0 Å². The van der Waals surface area contributed by atoms with Gasteiger partial charge in [-0.3, -0.25) is 0 Å². The summed E-state index contributed by atoms with van der Waals surface area (Å²) in [6.45, 7) is 2.28. The predicted octanol–water partition coefficient (Wildman–Crippen LogP) is 8.93. The molecule has 1 aromatic rings. The molecule has 162 valence electrons. The molecule has 0 heterocycles. The first-order valence-electron chi connectivity index (χ1n) is 11.8. The molecule has 3 rings (SSSR count). The fourth-order valence-electron chi connectivity index (χ4n) is 5.40. The second kappa shape index (κ2) is 10.7. The van der Waals surface area contributed by atoms with Crippen LogP contribution in [0.4, 0.5) is 13.2 Å². The van der Waals surface area contributed by atoms with Gasteiger partial charge in [0, 0.05) is 6.08 Å². The standard InChI is InChI=1S/C26H37F3/c1-2-3-4-5-20-6-10-22(11-7-20)24-14-16-25(17-15-24)23-12-8-21(9-13-23)18-19-26(27,28)29/h14-23H,2-13H2,1H3/b19-18+/t20-,21-,22-,23-. The van der Waals surface area contributed by atoms with E-state index in [9.17, 15) is 13.2 Å². The van der Waals surface area contributed by atoms with Gasteiger partial charge in [-0.1, -0.05) is 62.9 Å². The quantitative estimate of drug-likeness (QED) is 0.313. The number of alkyl halides is 3. The molecule has 0 amide bonds. The fraction of sp³-hybridized carbons (Fsp3) is 0.692. The van der Waals surface area contributed by atoms with Crippen LogP contribution in [0.3, 0.4) is 0 Å². The van der Waals surface area contributed by atoms with Crippen molar-refractivity contribution in [3.8, 4) is 0 Å². The van der Waals surface area contributed by atoms with E-state index >= 15 is 0 Å². The summed E-state index contributed by atoms with van der Waals surface area (Å²) in [5.41, 5.74) is 2.86. The van der Waals surface area contributed by atoms with Crippen molar-refractivity contribution in [1.29, 1.82) is 0 Å². The SMILES string of the molecule is CCCCC[C@H]1CC[C@H](c2ccc([C@H]3CC[C@H](/C=C/C(F)(F)F)CC3)cc2)CC1. The van der Waals surface area contributed by atoms with E-state index in [0.717, 1.165) is 37.5 Å². The molecule has 0 saturated heterocycles. The number of allylic oxidation sites excluding steroid dienone is 2. The highest BCUT2D eigenvalue weighted by molar-refractivity contribution is 5.28. The van der Waals surface area contributed by atoms with Gasteiger partial charge in [-0.15, -0.1) is 0 Å². The summed E-state index contributed by atoms with van der Waals surface area (Å²) < 4.78 is 37.0. The molecule has 2 saturated carbocycles. The molecule has 2 aliphatic carbocycles. The maximum absolute atomic E-state index is 12.3. The van der Waals surface area contributed by atoms with Crippen LogP contribution in [0.1, 0.15) is 107 Å². The van der Waals surface area contributed by atoms with Gasteiger partial charge in [-0.25, -0.2) is 0 Å². The van der Waals surface area contributed by atoms with Crippen LogP contribution in [0.5, 0.6) is 0 Å². The lowest BCUT2D eigenvalue weighted by Crippen LogP contribution is -2.14. The van der Waals surface area contributed by atoms with Gasteiger partial charge < -0.3 is 0 Å². The van der Waals surface area contributed by atoms with Gasteiger partial charge in [0.05, 0.1) is 0 Å². The lowest BCUT2D eigenvalue weighted by Gasteiger charge is -2.30. The smallest absolute Gasteiger partial charge is 0.167 e. The maximum atomic E-state index is 12.3. The number of rotatable bonds is 7. The first kappa shape index (κ1) is 22.4. The molecule has 1 aromatic carbocycles. The van der Waals surface area contributed by atoms with Crippen molar-refractivity contribution < 1.29 is 13.2 Å². The Morgan fingerprint density at radius 3 is 1.79 bits per heavy atom. The van der Waals surface area contributed by atoms with Crippen LogP contribution in [0, 0.1) is 11.8 Å². The summed E-state index contributed by atoms with van der Waals surface area (Å²) in [6.07, 6.45) is 12.2. The first-order chi connectivity index (χ1) is 13.9. The molecule has 2 fully saturated rings. The normalized spacial score (nSPS) is 28.7. The molecule has 0 N–H and O–H groups in total. The minimum Gasteiger partial charge on any atom is -0.167 e. The van der Waals surface area contributed by atoms with Crippen LogP contribution in [0.2, 0.25) is 0 Å². The average molecular weight is 407 g/mol. The Bertz CT molecular complexity index is 612. The molecule has 0 aromatic heterocycles. The Hall–Kier alpha value is -1.25. The highest BCUT2D eigenvalue weighted by Gasteiger charge is 2.26. The van der Waals surface area contributed by atoms with Crippen molar-refractivity contribution in [3.63, 3.8) is 0 Å². The summed E-state index contributed by atoms with van der Waals surface area (Å²) >= 11 is 0. The summed E-state index contributed by atoms with van der Waals surface area (Å²) in [4.78, 5) is 0. The Balaban J connectivity index is 1.45. The lowest BCUT2D eigenvalue weighted by atomic mass is 9.75. The Labute approximate surface area is 175 Å². The molecular weight excluding hydrogens is 369 g/mol. The van der Waals surface area contributed by atoms with Gasteiger partial charge in [0.1, 0.15) is 0 Å². The highest BCUT2D eigenvalue weighted by Crippen LogP contribution is 2.40. The number of hydrogen-bond acceptors (Lipinski definition) is 0. The van der Waals surface area contributed by atoms with Crippen LogP contribution < -0.4 is 0 Å². The molecular formula is C26H37F3. The predicted molar refractivity (Wildman–Crippen MR) is 115 cm³/mol. The summed E-state index contributed by atoms with van der Waals surface area (Å²) in [6, 6.07) is 9.23. The van der Waals surface area contributed by atoms with Crippen molar-refractivity contribution in [2.24, 2.45) is 11.8 Å². The van der Waals surface area contributed by atoms with Crippen LogP contribution in [0.25, 0.3) is 0 Å². The maximum Gasteiger partial charge on any atom is 0.409 e. The number of benzene rings is 1. The molecule has 0 nitrogen and oxygen atoms in total. The van der Waals surface area contributed by atoms with Crippen LogP contribution >= 0.6 is 0 Å². The van der Waals surface area contributed by atoms with Gasteiger partial charge in [0.15, 0.2) is 0 Å². The van der Waals surface area contributed by atoms with E-state index in [2.05, 4.69) is 31.2 Å². The zero-order valence-corrected chi connectivity index (χ0v) is 17.9. The van der Waals surface area contributed by atoms with Gasteiger partial charge in [-0.05, 0) is 86.2 Å². The van der Waals surface area contributed by atoms with Gasteiger partial charge in [0.2, 0.25) is 0 Å². The largest absolute Gasteiger partial charge is 0.409 e. The summed E-state index contributed by atoms with van der Waals surface area (Å²) in [5.74, 6) is 2.25. The zero-order valence-electron chi connectivity index (χ0n) is 17.9. The summed E-state index contributed by atoms with van der Waals surface area (Å²) in [7, 11) is 0.